The van der Waals surface area contributed by atoms with Gasteiger partial charge >= 0.3 is 5.97 Å². The first kappa shape index (κ1) is 10.1. The molecule has 0 heterocycles. The number of hydrogen-bond acceptors (Lipinski definition) is 2. The standard InChI is InChI=1S/C8H5F2NO3/c9-5-1-4(11-3-12)2-6(10)7(5)8(13)14/h1-3H,(H,11,12)(H,13,14). The van der Waals surface area contributed by atoms with Crippen molar-refractivity contribution in [1.29, 1.82) is 0 Å². The van der Waals surface area contributed by atoms with Gasteiger partial charge in [0.05, 0.1) is 0 Å². The number of carbonyl (C=O) groups excluding carboxylic acids is 1. The molecule has 1 aromatic carbocycles. The maximum absolute atomic E-state index is 12.9. The topological polar surface area (TPSA) is 66.4 Å². The number of benzene rings is 1. The molecule has 0 aromatic heterocycles. The zero-order valence-corrected chi connectivity index (χ0v) is 6.75. The van der Waals surface area contributed by atoms with Gasteiger partial charge in [0.25, 0.3) is 0 Å². The molecule has 0 saturated carbocycles. The maximum Gasteiger partial charge on any atom is 0.341 e. The summed E-state index contributed by atoms with van der Waals surface area (Å²) in [6.07, 6.45) is 0.231. The average Bonchev–Trinajstić information content (AvgIpc) is 2.01. The predicted octanol–water partition coefficient (Wildman–Crippen LogP) is 1.23. The number of halogens is 2. The van der Waals surface area contributed by atoms with E-state index in [2.05, 4.69) is 0 Å². The third kappa shape index (κ3) is 1.85. The molecule has 0 saturated heterocycles. The molecule has 0 unspecified atom stereocenters. The largest absolute Gasteiger partial charge is 0.477 e. The van der Waals surface area contributed by atoms with E-state index < -0.39 is 23.2 Å². The summed E-state index contributed by atoms with van der Waals surface area (Å²) < 4.78 is 25.8. The van der Waals surface area contributed by atoms with E-state index in [1.54, 1.807) is 0 Å². The Hall–Kier alpha value is -1.98. The number of anilines is 1. The highest BCUT2D eigenvalue weighted by Gasteiger charge is 2.17. The van der Waals surface area contributed by atoms with Gasteiger partial charge in [0.2, 0.25) is 6.41 Å². The third-order valence-electron chi connectivity index (χ3n) is 1.48. The van der Waals surface area contributed by atoms with Gasteiger partial charge in [-0.05, 0) is 12.1 Å². The van der Waals surface area contributed by atoms with Crippen LogP contribution in [0.25, 0.3) is 0 Å². The molecule has 0 atom stereocenters. The molecule has 0 bridgehead atoms. The van der Waals surface area contributed by atoms with Crippen LogP contribution < -0.4 is 5.32 Å². The van der Waals surface area contributed by atoms with Crippen molar-refractivity contribution in [3.8, 4) is 0 Å². The summed E-state index contributed by atoms with van der Waals surface area (Å²) in [7, 11) is 0. The number of nitrogens with one attached hydrogen (secondary N) is 1. The van der Waals surface area contributed by atoms with Crippen molar-refractivity contribution in [1.82, 2.24) is 0 Å². The molecule has 1 amide bonds. The van der Waals surface area contributed by atoms with Crippen LogP contribution >= 0.6 is 0 Å². The van der Waals surface area contributed by atoms with Crippen LogP contribution in [0.4, 0.5) is 14.5 Å². The number of carboxylic acids is 1. The summed E-state index contributed by atoms with van der Waals surface area (Å²) in [6.45, 7) is 0. The molecule has 1 rings (SSSR count). The maximum atomic E-state index is 12.9. The number of hydrogen-bond donors (Lipinski definition) is 2. The van der Waals surface area contributed by atoms with Crippen LogP contribution in [0.2, 0.25) is 0 Å². The molecule has 0 fully saturated rings. The fraction of sp³-hybridized carbons (Fsp3) is 0. The third-order valence-corrected chi connectivity index (χ3v) is 1.48. The smallest absolute Gasteiger partial charge is 0.341 e. The second-order valence-electron chi connectivity index (χ2n) is 2.38. The Labute approximate surface area is 77.2 Å². The van der Waals surface area contributed by atoms with E-state index in [4.69, 9.17) is 5.11 Å². The van der Waals surface area contributed by atoms with Gasteiger partial charge in [-0.25, -0.2) is 13.6 Å². The first-order chi connectivity index (χ1) is 6.56. The van der Waals surface area contributed by atoms with E-state index in [9.17, 15) is 18.4 Å². The Morgan fingerprint density at radius 2 is 1.86 bits per heavy atom. The molecule has 0 radical (unpaired) electrons. The zero-order chi connectivity index (χ0) is 10.7. The minimum Gasteiger partial charge on any atom is -0.477 e. The average molecular weight is 201 g/mol. The monoisotopic (exact) mass is 201 g/mol. The van der Waals surface area contributed by atoms with Gasteiger partial charge in [-0.2, -0.15) is 0 Å². The van der Waals surface area contributed by atoms with E-state index in [0.717, 1.165) is 12.1 Å². The van der Waals surface area contributed by atoms with Crippen LogP contribution in [0, 0.1) is 11.6 Å². The highest BCUT2D eigenvalue weighted by Crippen LogP contribution is 2.18. The molecular formula is C8H5F2NO3. The Bertz CT molecular complexity index is 369. The summed E-state index contributed by atoms with van der Waals surface area (Å²) in [4.78, 5) is 20.3. The number of aromatic carboxylic acids is 1. The number of amides is 1. The molecule has 74 valence electrons. The molecule has 0 aliphatic heterocycles. The minimum absolute atomic E-state index is 0.139. The number of carbonyl (C=O) groups is 2. The second kappa shape index (κ2) is 3.82. The zero-order valence-electron chi connectivity index (χ0n) is 6.75. The molecule has 14 heavy (non-hydrogen) atoms. The lowest BCUT2D eigenvalue weighted by atomic mass is 10.2. The summed E-state index contributed by atoms with van der Waals surface area (Å²) in [5.41, 5.74) is -1.18. The molecule has 0 aliphatic rings. The fourth-order valence-electron chi connectivity index (χ4n) is 0.929. The minimum atomic E-state index is -1.70. The Morgan fingerprint density at radius 3 is 2.21 bits per heavy atom. The van der Waals surface area contributed by atoms with Crippen LogP contribution in [-0.2, 0) is 4.79 Å². The van der Waals surface area contributed by atoms with Gasteiger partial charge in [0.15, 0.2) is 0 Å². The quantitative estimate of drug-likeness (QED) is 0.723. The van der Waals surface area contributed by atoms with Gasteiger partial charge in [-0.3, -0.25) is 4.79 Å². The van der Waals surface area contributed by atoms with Crippen molar-refractivity contribution in [2.24, 2.45) is 0 Å². The molecule has 1 aromatic rings. The normalized spacial score (nSPS) is 9.57. The SMILES string of the molecule is O=CNc1cc(F)c(C(=O)O)c(F)c1. The lowest BCUT2D eigenvalue weighted by Crippen LogP contribution is -2.06. The highest BCUT2D eigenvalue weighted by atomic mass is 19.1. The van der Waals surface area contributed by atoms with E-state index in [1.807, 2.05) is 5.32 Å². The van der Waals surface area contributed by atoms with Crippen molar-refractivity contribution in [3.05, 3.63) is 29.3 Å². The predicted molar refractivity (Wildman–Crippen MR) is 43.0 cm³/mol. The van der Waals surface area contributed by atoms with E-state index in [1.165, 1.54) is 0 Å². The lowest BCUT2D eigenvalue weighted by Gasteiger charge is -2.03. The number of carboxylic acid groups (broad SMARTS) is 1. The van der Waals surface area contributed by atoms with Crippen LogP contribution in [0.15, 0.2) is 12.1 Å². The van der Waals surface area contributed by atoms with Crippen molar-refractivity contribution < 1.29 is 23.5 Å². The Balaban J connectivity index is 3.24. The first-order valence-corrected chi connectivity index (χ1v) is 3.48. The van der Waals surface area contributed by atoms with Gasteiger partial charge in [0, 0.05) is 5.69 Å². The van der Waals surface area contributed by atoms with Crippen LogP contribution in [0.5, 0.6) is 0 Å². The summed E-state index contributed by atoms with van der Waals surface area (Å²) in [5.74, 6) is -4.17. The van der Waals surface area contributed by atoms with Gasteiger partial charge < -0.3 is 10.4 Å². The van der Waals surface area contributed by atoms with Crippen molar-refractivity contribution in [2.75, 3.05) is 5.32 Å². The molecule has 0 aliphatic carbocycles. The van der Waals surface area contributed by atoms with Crippen LogP contribution in [-0.4, -0.2) is 17.5 Å². The fourth-order valence-corrected chi connectivity index (χ4v) is 0.929. The van der Waals surface area contributed by atoms with Crippen molar-refractivity contribution in [3.63, 3.8) is 0 Å². The lowest BCUT2D eigenvalue weighted by molar-refractivity contribution is -0.105. The van der Waals surface area contributed by atoms with Crippen LogP contribution in [0.3, 0.4) is 0 Å². The van der Waals surface area contributed by atoms with Crippen molar-refractivity contribution >= 4 is 18.1 Å². The highest BCUT2D eigenvalue weighted by molar-refractivity contribution is 5.89. The van der Waals surface area contributed by atoms with E-state index in [0.29, 0.717) is 0 Å². The summed E-state index contributed by atoms with van der Waals surface area (Å²) in [6, 6.07) is 1.45. The second-order valence-corrected chi connectivity index (χ2v) is 2.38. The number of rotatable bonds is 3. The van der Waals surface area contributed by atoms with Gasteiger partial charge in [-0.15, -0.1) is 0 Å². The van der Waals surface area contributed by atoms with Crippen molar-refractivity contribution in [2.45, 2.75) is 0 Å². The summed E-state index contributed by atoms with van der Waals surface area (Å²) >= 11 is 0. The van der Waals surface area contributed by atoms with Crippen LogP contribution in [0.1, 0.15) is 10.4 Å². The Kier molecular flexibility index (Phi) is 2.76. The Morgan fingerprint density at radius 1 is 1.36 bits per heavy atom. The molecule has 6 heteroatoms. The van der Waals surface area contributed by atoms with Gasteiger partial charge in [-0.1, -0.05) is 0 Å². The molecule has 0 spiro atoms. The van der Waals surface area contributed by atoms with Gasteiger partial charge in [0.1, 0.15) is 17.2 Å². The molecule has 4 nitrogen and oxygen atoms in total. The molecule has 2 N–H and O–H groups in total. The molecular weight excluding hydrogens is 196 g/mol. The van der Waals surface area contributed by atoms with E-state index >= 15 is 0 Å². The summed E-state index contributed by atoms with van der Waals surface area (Å²) in [5, 5.41) is 10.4. The van der Waals surface area contributed by atoms with E-state index in [-0.39, 0.29) is 12.1 Å². The first-order valence-electron chi connectivity index (χ1n) is 3.48.